The van der Waals surface area contributed by atoms with Crippen molar-refractivity contribution in [3.8, 4) is 0 Å². The fraction of sp³-hybridized carbons (Fsp3) is 0.625. The van der Waals surface area contributed by atoms with Crippen LogP contribution in [0.5, 0.6) is 0 Å². The predicted molar refractivity (Wildman–Crippen MR) is 94.8 cm³/mol. The molecule has 2 aliphatic rings. The molecule has 1 saturated heterocycles. The maximum atomic E-state index is 11.4. The van der Waals surface area contributed by atoms with Gasteiger partial charge in [-0.05, 0) is 6.92 Å². The summed E-state index contributed by atoms with van der Waals surface area (Å²) in [6.45, 7) is 9.60. The second-order valence-electron chi connectivity index (χ2n) is 5.45. The third kappa shape index (κ3) is 4.42. The summed E-state index contributed by atoms with van der Waals surface area (Å²) in [5.74, 6) is 0. The van der Waals surface area contributed by atoms with Gasteiger partial charge in [-0.3, -0.25) is 9.89 Å². The van der Waals surface area contributed by atoms with E-state index in [2.05, 4.69) is 18.2 Å². The maximum Gasteiger partial charge on any atom is 0.413 e. The van der Waals surface area contributed by atoms with Crippen molar-refractivity contribution in [2.75, 3.05) is 26.4 Å². The molecule has 0 bridgehead atoms. The van der Waals surface area contributed by atoms with E-state index in [1.165, 1.54) is 11.8 Å². The van der Waals surface area contributed by atoms with Crippen LogP contribution in [0.15, 0.2) is 30.3 Å². The summed E-state index contributed by atoms with van der Waals surface area (Å²) in [7, 11) is 0. The third-order valence-electron chi connectivity index (χ3n) is 3.87. The highest BCUT2D eigenvalue weighted by Crippen LogP contribution is 2.39. The van der Waals surface area contributed by atoms with Crippen LogP contribution >= 0.6 is 11.8 Å². The molecule has 0 aromatic carbocycles. The molecule has 2 aliphatic heterocycles. The summed E-state index contributed by atoms with van der Waals surface area (Å²) >= 11 is 1.22. The molecule has 0 radical (unpaired) electrons. The molecule has 9 heteroatoms. The molecule has 2 heterocycles. The van der Waals surface area contributed by atoms with Crippen LogP contribution in [0.4, 0.5) is 4.79 Å². The van der Waals surface area contributed by atoms with Gasteiger partial charge < -0.3 is 24.4 Å². The lowest BCUT2D eigenvalue weighted by Crippen LogP contribution is -2.58. The Morgan fingerprint density at radius 2 is 2.00 bits per heavy atom. The molecule has 2 N–H and O–H groups in total. The number of hydrogen-bond acceptors (Lipinski definition) is 7. The van der Waals surface area contributed by atoms with Crippen molar-refractivity contribution in [2.24, 2.45) is 4.99 Å². The first kappa shape index (κ1) is 19.9. The van der Waals surface area contributed by atoms with Gasteiger partial charge in [0.25, 0.3) is 0 Å². The largest absolute Gasteiger partial charge is 0.465 e. The van der Waals surface area contributed by atoms with Gasteiger partial charge >= 0.3 is 6.09 Å². The number of rotatable bonds is 8. The Bertz CT molecular complexity index is 529. The molecule has 25 heavy (non-hydrogen) atoms. The molecule has 0 aromatic rings. The van der Waals surface area contributed by atoms with Gasteiger partial charge in [-0.15, -0.1) is 13.2 Å². The number of thioether (sulfide) groups is 1. The first-order valence-corrected chi connectivity index (χ1v) is 8.91. The van der Waals surface area contributed by atoms with Crippen LogP contribution in [-0.4, -0.2) is 82.5 Å². The molecule has 140 valence electrons. The van der Waals surface area contributed by atoms with E-state index >= 15 is 0 Å². The van der Waals surface area contributed by atoms with Crippen molar-refractivity contribution < 1.29 is 29.2 Å². The summed E-state index contributed by atoms with van der Waals surface area (Å²) in [5.41, 5.74) is -0.445. The van der Waals surface area contributed by atoms with Crippen molar-refractivity contribution in [1.82, 2.24) is 4.90 Å². The zero-order valence-corrected chi connectivity index (χ0v) is 14.9. The van der Waals surface area contributed by atoms with Crippen molar-refractivity contribution >= 4 is 23.0 Å². The van der Waals surface area contributed by atoms with E-state index in [0.29, 0.717) is 5.17 Å². The molecule has 0 aliphatic carbocycles. The highest BCUT2D eigenvalue weighted by Gasteiger charge is 2.51. The molecule has 0 saturated carbocycles. The summed E-state index contributed by atoms with van der Waals surface area (Å²) in [5, 5.41) is 19.3. The van der Waals surface area contributed by atoms with E-state index in [9.17, 15) is 15.0 Å². The summed E-state index contributed by atoms with van der Waals surface area (Å²) in [6, 6.07) is -0.439. The van der Waals surface area contributed by atoms with Gasteiger partial charge in [0, 0.05) is 6.54 Å². The molecule has 2 rings (SSSR count). The number of aliphatic hydroxyl groups is 1. The molecule has 8 nitrogen and oxygen atoms in total. The molecule has 1 fully saturated rings. The van der Waals surface area contributed by atoms with Crippen molar-refractivity contribution in [1.29, 1.82) is 0 Å². The van der Waals surface area contributed by atoms with E-state index < -0.39 is 35.9 Å². The van der Waals surface area contributed by atoms with E-state index in [0.717, 1.165) is 4.90 Å². The number of fused-ring (bicyclic) bond motifs is 1. The molecular weight excluding hydrogens is 348 g/mol. The Hall–Kier alpha value is -1.39. The zero-order valence-electron chi connectivity index (χ0n) is 14.1. The number of carbonyl (C=O) groups is 1. The van der Waals surface area contributed by atoms with Crippen molar-refractivity contribution in [3.63, 3.8) is 0 Å². The number of amidine groups is 1. The highest BCUT2D eigenvalue weighted by atomic mass is 32.2. The smallest absolute Gasteiger partial charge is 0.413 e. The quantitative estimate of drug-likeness (QED) is 0.620. The normalized spacial score (nSPS) is 31.1. The monoisotopic (exact) mass is 372 g/mol. The lowest BCUT2D eigenvalue weighted by molar-refractivity contribution is -0.192. The van der Waals surface area contributed by atoms with Gasteiger partial charge in [-0.25, -0.2) is 4.79 Å². The lowest BCUT2D eigenvalue weighted by atomic mass is 9.98. The predicted octanol–water partition coefficient (Wildman–Crippen LogP) is 1.32. The first-order chi connectivity index (χ1) is 12.1. The summed E-state index contributed by atoms with van der Waals surface area (Å²) in [6.07, 6.45) is 0.504. The second kappa shape index (κ2) is 9.35. The molecule has 0 aromatic heterocycles. The van der Waals surface area contributed by atoms with Gasteiger partial charge in [0.05, 0.1) is 19.8 Å². The maximum absolute atomic E-state index is 11.4. The average Bonchev–Trinajstić information content (AvgIpc) is 3.01. The summed E-state index contributed by atoms with van der Waals surface area (Å²) in [4.78, 5) is 17.0. The van der Waals surface area contributed by atoms with Gasteiger partial charge in [0.1, 0.15) is 29.8 Å². The number of aliphatic hydroxyl groups excluding tert-OH is 1. The average molecular weight is 372 g/mol. The van der Waals surface area contributed by atoms with E-state index in [1.807, 2.05) is 0 Å². The molecular formula is C16H24N2O6S. The Kier molecular flexibility index (Phi) is 7.45. The van der Waals surface area contributed by atoms with Gasteiger partial charge in [-0.1, -0.05) is 23.9 Å². The second-order valence-corrected chi connectivity index (χ2v) is 6.51. The topological polar surface area (TPSA) is 101 Å². The Morgan fingerprint density at radius 3 is 2.52 bits per heavy atom. The van der Waals surface area contributed by atoms with Crippen molar-refractivity contribution in [3.05, 3.63) is 25.3 Å². The number of aliphatic imine (C=N–C) groups is 1. The zero-order chi connectivity index (χ0) is 18.4. The van der Waals surface area contributed by atoms with Crippen LogP contribution in [-0.2, 0) is 14.2 Å². The third-order valence-corrected chi connectivity index (χ3v) is 5.03. The number of ether oxygens (including phenoxy) is 3. The summed E-state index contributed by atoms with van der Waals surface area (Å²) < 4.78 is 17.5. The van der Waals surface area contributed by atoms with E-state index in [1.54, 1.807) is 19.1 Å². The van der Waals surface area contributed by atoms with Crippen LogP contribution in [0.1, 0.15) is 6.92 Å². The SMILES string of the molecule is C=CCO[C@@H]1[C@H]2N=C(N(CC)C(=O)O)S[C@H]2O[C@H](CO)[C@H]1OCC=C. The fourth-order valence-corrected chi connectivity index (χ4v) is 4.05. The number of carboxylic acid groups (broad SMARTS) is 1. The minimum absolute atomic E-state index is 0.245. The van der Waals surface area contributed by atoms with E-state index in [-0.39, 0.29) is 26.4 Å². The standard InChI is InChI=1S/C16H24N2O6S/c1-4-7-22-12-10(9-19)24-14-11(13(12)23-8-5-2)17-15(25-14)18(6-3)16(20)21/h4-5,10-14,19H,1-2,6-9H2,3H3,(H,20,21)/t10-,11-,12-,13-,14-/m1/s1. The van der Waals surface area contributed by atoms with Gasteiger partial charge in [-0.2, -0.15) is 0 Å². The van der Waals surface area contributed by atoms with Crippen LogP contribution in [0.25, 0.3) is 0 Å². The van der Waals surface area contributed by atoms with Crippen LogP contribution in [0.2, 0.25) is 0 Å². The first-order valence-electron chi connectivity index (χ1n) is 8.03. The minimum Gasteiger partial charge on any atom is -0.465 e. The molecule has 0 unspecified atom stereocenters. The lowest BCUT2D eigenvalue weighted by Gasteiger charge is -2.41. The Morgan fingerprint density at radius 1 is 1.36 bits per heavy atom. The highest BCUT2D eigenvalue weighted by molar-refractivity contribution is 8.14. The number of amides is 1. The van der Waals surface area contributed by atoms with Crippen molar-refractivity contribution in [2.45, 2.75) is 36.7 Å². The number of hydrogen-bond donors (Lipinski definition) is 2. The molecule has 1 amide bonds. The fourth-order valence-electron chi connectivity index (χ4n) is 2.77. The molecule has 5 atom stereocenters. The number of nitrogens with zero attached hydrogens (tertiary/aromatic N) is 2. The molecule has 0 spiro atoms. The van der Waals surface area contributed by atoms with Crippen LogP contribution in [0, 0.1) is 0 Å². The van der Waals surface area contributed by atoms with E-state index in [4.69, 9.17) is 14.2 Å². The minimum atomic E-state index is -1.07. The van der Waals surface area contributed by atoms with Crippen LogP contribution < -0.4 is 0 Å². The van der Waals surface area contributed by atoms with Crippen LogP contribution in [0.3, 0.4) is 0 Å². The Labute approximate surface area is 151 Å². The van der Waals surface area contributed by atoms with Gasteiger partial charge in [0.15, 0.2) is 5.17 Å². The van der Waals surface area contributed by atoms with Gasteiger partial charge in [0.2, 0.25) is 0 Å². The Balaban J connectivity index is 2.27.